The molecule has 2 fully saturated rings. The smallest absolute Gasteiger partial charge is 0.418 e. The fourth-order valence-electron chi connectivity index (χ4n) is 7.22. The van der Waals surface area contributed by atoms with Gasteiger partial charge in [-0.1, -0.05) is 48.2 Å². The molecule has 3 atom stereocenters. The van der Waals surface area contributed by atoms with Crippen LogP contribution in [-0.2, 0) is 15.0 Å². The van der Waals surface area contributed by atoms with Gasteiger partial charge in [0.05, 0.1) is 23.2 Å². The van der Waals surface area contributed by atoms with Crippen LogP contribution in [0.1, 0.15) is 66.3 Å². The molecule has 6 rings (SSSR count). The van der Waals surface area contributed by atoms with Crippen LogP contribution in [0.5, 0.6) is 5.75 Å². The molecule has 3 aromatic rings. The van der Waals surface area contributed by atoms with Crippen molar-refractivity contribution >= 4 is 46.8 Å². The van der Waals surface area contributed by atoms with E-state index in [2.05, 4.69) is 11.4 Å². The standard InChI is InChI=1S/C33H28Cl2FN3O5/c1-18-4-7-21(36)14-22(18)29-33(24-8-5-20(35)13-26(24)39(30(33)41)31(42)43)25(15-28(40)38-29)23-12-19(34)6-9-27(23)44-17-32(16-37)10-2-3-11-32/h4-9,12-14,25,29H,2-3,10-11,15,17H2,1H3,(H,38,40)(H,42,43). The highest BCUT2D eigenvalue weighted by Crippen LogP contribution is 2.60. The summed E-state index contributed by atoms with van der Waals surface area (Å²) >= 11 is 12.8. The number of carbonyl (C=O) groups excluding carboxylic acids is 2. The molecule has 0 aromatic heterocycles. The van der Waals surface area contributed by atoms with E-state index in [9.17, 15) is 29.1 Å². The minimum Gasteiger partial charge on any atom is -0.492 e. The number of rotatable bonds is 5. The van der Waals surface area contributed by atoms with Gasteiger partial charge in [-0.15, -0.1) is 0 Å². The van der Waals surface area contributed by atoms with Crippen molar-refractivity contribution in [2.45, 2.75) is 56.4 Å². The molecule has 3 aliphatic rings. The van der Waals surface area contributed by atoms with Crippen LogP contribution < -0.4 is 15.0 Å². The van der Waals surface area contributed by atoms with Gasteiger partial charge in [-0.25, -0.2) is 14.1 Å². The van der Waals surface area contributed by atoms with Crippen molar-refractivity contribution < 1.29 is 28.6 Å². The zero-order valence-corrected chi connectivity index (χ0v) is 25.2. The van der Waals surface area contributed by atoms with Gasteiger partial charge in [0.15, 0.2) is 0 Å². The van der Waals surface area contributed by atoms with Gasteiger partial charge in [0.25, 0.3) is 0 Å². The van der Waals surface area contributed by atoms with Crippen LogP contribution in [-0.4, -0.2) is 29.6 Å². The highest BCUT2D eigenvalue weighted by Gasteiger charge is 2.65. The normalized spacial score (nSPS) is 23.8. The summed E-state index contributed by atoms with van der Waals surface area (Å²) in [5.74, 6) is -2.52. The summed E-state index contributed by atoms with van der Waals surface area (Å²) in [5.41, 5.74) is -0.770. The fraction of sp³-hybridized carbons (Fsp3) is 0.333. The average molecular weight is 637 g/mol. The van der Waals surface area contributed by atoms with E-state index < -0.39 is 46.5 Å². The van der Waals surface area contributed by atoms with Crippen LogP contribution in [0.3, 0.4) is 0 Å². The summed E-state index contributed by atoms with van der Waals surface area (Å²) in [6.07, 6.45) is 1.42. The SMILES string of the molecule is Cc1ccc(F)cc1C1NC(=O)CC(c2cc(Cl)ccc2OCC2(C#N)CCCC2)C12C(=O)N(C(=O)O)c1cc(Cl)ccc12. The van der Waals surface area contributed by atoms with E-state index >= 15 is 0 Å². The van der Waals surface area contributed by atoms with Crippen molar-refractivity contribution in [3.63, 3.8) is 0 Å². The number of anilines is 1. The van der Waals surface area contributed by atoms with Crippen molar-refractivity contribution in [2.24, 2.45) is 5.41 Å². The molecule has 1 spiro atoms. The number of piperidine rings is 1. The first-order chi connectivity index (χ1) is 21.0. The topological polar surface area (TPSA) is 120 Å². The van der Waals surface area contributed by atoms with Gasteiger partial charge in [-0.3, -0.25) is 9.59 Å². The van der Waals surface area contributed by atoms with Crippen molar-refractivity contribution in [3.05, 3.63) is 92.7 Å². The molecule has 1 aliphatic carbocycles. The van der Waals surface area contributed by atoms with E-state index in [1.807, 2.05) is 0 Å². The molecule has 226 valence electrons. The van der Waals surface area contributed by atoms with Crippen LogP contribution in [0.2, 0.25) is 10.0 Å². The van der Waals surface area contributed by atoms with Gasteiger partial charge in [0.1, 0.15) is 23.6 Å². The number of hydrogen-bond donors (Lipinski definition) is 2. The van der Waals surface area contributed by atoms with Crippen molar-refractivity contribution in [2.75, 3.05) is 11.5 Å². The summed E-state index contributed by atoms with van der Waals surface area (Å²) in [5, 5.41) is 23.7. The number of ether oxygens (including phenoxy) is 1. The number of nitriles is 1. The maximum Gasteiger partial charge on any atom is 0.418 e. The molecule has 8 nitrogen and oxygen atoms in total. The summed E-state index contributed by atoms with van der Waals surface area (Å²) in [4.78, 5) is 41.6. The zero-order chi connectivity index (χ0) is 31.4. The Balaban J connectivity index is 1.62. The lowest BCUT2D eigenvalue weighted by Gasteiger charge is -2.47. The third-order valence-corrected chi connectivity index (χ3v) is 9.77. The summed E-state index contributed by atoms with van der Waals surface area (Å²) in [6.45, 7) is 1.82. The van der Waals surface area contributed by atoms with Gasteiger partial charge in [-0.05, 0) is 78.9 Å². The van der Waals surface area contributed by atoms with E-state index in [4.69, 9.17) is 27.9 Å². The molecule has 3 unspecified atom stereocenters. The number of hydrogen-bond acceptors (Lipinski definition) is 5. The molecule has 0 radical (unpaired) electrons. The van der Waals surface area contributed by atoms with E-state index in [-0.39, 0.29) is 23.7 Å². The Morgan fingerprint density at radius 3 is 2.50 bits per heavy atom. The van der Waals surface area contributed by atoms with Crippen molar-refractivity contribution in [1.82, 2.24) is 5.32 Å². The number of benzene rings is 3. The molecular formula is C33H28Cl2FN3O5. The maximum absolute atomic E-state index is 14.8. The Labute approximate surface area is 263 Å². The number of carbonyl (C=O) groups is 3. The Hall–Kier alpha value is -4.13. The van der Waals surface area contributed by atoms with E-state index in [1.54, 1.807) is 43.3 Å². The molecule has 1 saturated carbocycles. The minimum atomic E-state index is -1.77. The highest BCUT2D eigenvalue weighted by molar-refractivity contribution is 6.32. The molecule has 3 amide bonds. The number of aryl methyl sites for hydroxylation is 1. The van der Waals surface area contributed by atoms with E-state index in [1.165, 1.54) is 18.2 Å². The molecule has 0 bridgehead atoms. The lowest BCUT2D eigenvalue weighted by atomic mass is 9.59. The predicted octanol–water partition coefficient (Wildman–Crippen LogP) is 7.21. The molecule has 44 heavy (non-hydrogen) atoms. The number of halogens is 3. The first kappa shape index (κ1) is 29.9. The van der Waals surface area contributed by atoms with Crippen molar-refractivity contribution in [3.8, 4) is 11.8 Å². The summed E-state index contributed by atoms with van der Waals surface area (Å²) < 4.78 is 21.1. The first-order valence-corrected chi connectivity index (χ1v) is 15.0. The Morgan fingerprint density at radius 1 is 1.09 bits per heavy atom. The molecule has 2 N–H and O–H groups in total. The van der Waals surface area contributed by atoms with Gasteiger partial charge in [0, 0.05) is 27.9 Å². The zero-order valence-electron chi connectivity index (χ0n) is 23.7. The fourth-order valence-corrected chi connectivity index (χ4v) is 7.56. The Bertz CT molecular complexity index is 1750. The molecule has 2 heterocycles. The number of fused-ring (bicyclic) bond motifs is 2. The van der Waals surface area contributed by atoms with Crippen LogP contribution in [0, 0.1) is 29.5 Å². The van der Waals surface area contributed by atoms with Gasteiger partial charge in [0.2, 0.25) is 11.8 Å². The lowest BCUT2D eigenvalue weighted by molar-refractivity contribution is -0.132. The second-order valence-corrected chi connectivity index (χ2v) is 12.7. The van der Waals surface area contributed by atoms with E-state index in [0.717, 1.165) is 12.8 Å². The molecule has 2 aliphatic heterocycles. The number of carboxylic acid groups (broad SMARTS) is 1. The third kappa shape index (κ3) is 4.68. The van der Waals surface area contributed by atoms with Crippen LogP contribution >= 0.6 is 23.2 Å². The number of nitrogens with one attached hydrogen (secondary N) is 1. The van der Waals surface area contributed by atoms with Crippen LogP contribution in [0.25, 0.3) is 0 Å². The first-order valence-electron chi connectivity index (χ1n) is 14.3. The molecule has 1 saturated heterocycles. The average Bonchev–Trinajstić information content (AvgIpc) is 3.56. The van der Waals surface area contributed by atoms with Gasteiger partial charge >= 0.3 is 6.09 Å². The quantitative estimate of drug-likeness (QED) is 0.306. The largest absolute Gasteiger partial charge is 0.492 e. The number of amides is 3. The van der Waals surface area contributed by atoms with Gasteiger partial charge in [-0.2, -0.15) is 5.26 Å². The highest BCUT2D eigenvalue weighted by atomic mass is 35.5. The predicted molar refractivity (Wildman–Crippen MR) is 161 cm³/mol. The monoisotopic (exact) mass is 635 g/mol. The second kappa shape index (κ2) is 11.1. The summed E-state index contributed by atoms with van der Waals surface area (Å²) in [7, 11) is 0. The van der Waals surface area contributed by atoms with Gasteiger partial charge < -0.3 is 15.2 Å². The van der Waals surface area contributed by atoms with E-state index in [0.29, 0.717) is 50.8 Å². The summed E-state index contributed by atoms with van der Waals surface area (Å²) in [6, 6.07) is 14.7. The Kier molecular flexibility index (Phi) is 7.55. The molecular weight excluding hydrogens is 608 g/mol. The minimum absolute atomic E-state index is 0.0501. The maximum atomic E-state index is 14.8. The Morgan fingerprint density at radius 2 is 1.80 bits per heavy atom. The lowest BCUT2D eigenvalue weighted by Crippen LogP contribution is -2.58. The molecule has 11 heteroatoms. The van der Waals surface area contributed by atoms with Crippen molar-refractivity contribution in [1.29, 1.82) is 5.26 Å². The third-order valence-electron chi connectivity index (χ3n) is 9.30. The van der Waals surface area contributed by atoms with Crippen LogP contribution in [0.4, 0.5) is 14.9 Å². The molecule has 3 aromatic carbocycles. The number of nitrogens with zero attached hydrogens (tertiary/aromatic N) is 2. The number of imide groups is 1. The second-order valence-electron chi connectivity index (χ2n) is 11.8. The van der Waals surface area contributed by atoms with Crippen LogP contribution in [0.15, 0.2) is 54.6 Å².